The lowest BCUT2D eigenvalue weighted by atomic mass is 9.98. The average Bonchev–Trinajstić information content (AvgIpc) is 2.73. The van der Waals surface area contributed by atoms with E-state index in [2.05, 4.69) is 48.5 Å². The smallest absolute Gasteiger partial charge is 0.0837 e. The van der Waals surface area contributed by atoms with E-state index in [0.29, 0.717) is 5.02 Å². The van der Waals surface area contributed by atoms with Crippen LogP contribution in [0.15, 0.2) is 30.5 Å². The fourth-order valence-corrected chi connectivity index (χ4v) is 2.57. The van der Waals surface area contributed by atoms with Crippen molar-refractivity contribution < 1.29 is 0 Å². The molecule has 1 atom stereocenters. The van der Waals surface area contributed by atoms with Gasteiger partial charge in [0, 0.05) is 7.05 Å². The van der Waals surface area contributed by atoms with Crippen molar-refractivity contribution in [1.29, 1.82) is 0 Å². The Bertz CT molecular complexity index is 529. The van der Waals surface area contributed by atoms with Gasteiger partial charge in [-0.25, -0.2) is 0 Å². The van der Waals surface area contributed by atoms with Crippen LogP contribution in [0, 0.1) is 6.92 Å². The molecule has 0 spiro atoms. The van der Waals surface area contributed by atoms with Crippen LogP contribution in [0.1, 0.15) is 36.2 Å². The van der Waals surface area contributed by atoms with Crippen LogP contribution >= 0.6 is 11.6 Å². The molecule has 0 aliphatic heterocycles. The molecule has 0 aliphatic rings. The van der Waals surface area contributed by atoms with Crippen molar-refractivity contribution in [3.8, 4) is 0 Å². The zero-order valence-electron chi connectivity index (χ0n) is 11.7. The van der Waals surface area contributed by atoms with E-state index < -0.39 is 0 Å². The zero-order chi connectivity index (χ0) is 13.8. The topological polar surface area (TPSA) is 29.9 Å². The lowest BCUT2D eigenvalue weighted by Crippen LogP contribution is -2.26. The first kappa shape index (κ1) is 14.1. The van der Waals surface area contributed by atoms with Crippen molar-refractivity contribution in [3.63, 3.8) is 0 Å². The molecule has 102 valence electrons. The minimum Gasteiger partial charge on any atom is -0.305 e. The Morgan fingerprint density at radius 2 is 2.11 bits per heavy atom. The van der Waals surface area contributed by atoms with E-state index in [1.807, 2.05) is 11.7 Å². The second-order valence-corrected chi connectivity index (χ2v) is 5.15. The third-order valence-corrected chi connectivity index (χ3v) is 3.60. The molecule has 0 amide bonds. The van der Waals surface area contributed by atoms with E-state index in [1.165, 1.54) is 11.1 Å². The van der Waals surface area contributed by atoms with E-state index in [9.17, 15) is 0 Å². The van der Waals surface area contributed by atoms with E-state index in [-0.39, 0.29) is 6.04 Å². The van der Waals surface area contributed by atoms with Crippen LogP contribution in [-0.4, -0.2) is 16.3 Å². The Hall–Kier alpha value is -1.32. The van der Waals surface area contributed by atoms with Gasteiger partial charge < -0.3 is 5.32 Å². The maximum Gasteiger partial charge on any atom is 0.0837 e. The Morgan fingerprint density at radius 1 is 1.37 bits per heavy atom. The summed E-state index contributed by atoms with van der Waals surface area (Å²) in [6.07, 6.45) is 2.79. The Morgan fingerprint density at radius 3 is 2.68 bits per heavy atom. The van der Waals surface area contributed by atoms with Crippen molar-refractivity contribution in [2.24, 2.45) is 7.05 Å². The minimum atomic E-state index is 0.0844. The van der Waals surface area contributed by atoms with Gasteiger partial charge in [-0.2, -0.15) is 5.10 Å². The molecular formula is C15H20ClN3. The monoisotopic (exact) mass is 277 g/mol. The van der Waals surface area contributed by atoms with E-state index >= 15 is 0 Å². The lowest BCUT2D eigenvalue weighted by molar-refractivity contribution is 0.552. The van der Waals surface area contributed by atoms with Crippen molar-refractivity contribution in [1.82, 2.24) is 15.1 Å². The molecule has 1 unspecified atom stereocenters. The summed E-state index contributed by atoms with van der Waals surface area (Å²) in [6.45, 7) is 5.23. The first-order valence-electron chi connectivity index (χ1n) is 6.61. The second kappa shape index (κ2) is 6.22. The predicted octanol–water partition coefficient (Wildman–Crippen LogP) is 3.47. The van der Waals surface area contributed by atoms with Gasteiger partial charge in [-0.3, -0.25) is 4.68 Å². The van der Waals surface area contributed by atoms with Gasteiger partial charge in [-0.05, 0) is 31.0 Å². The molecule has 2 rings (SSSR count). The van der Waals surface area contributed by atoms with Crippen molar-refractivity contribution in [3.05, 3.63) is 52.3 Å². The van der Waals surface area contributed by atoms with Gasteiger partial charge in [-0.15, -0.1) is 0 Å². The largest absolute Gasteiger partial charge is 0.305 e. The van der Waals surface area contributed by atoms with Crippen LogP contribution in [0.5, 0.6) is 0 Å². The van der Waals surface area contributed by atoms with Crippen molar-refractivity contribution >= 4 is 11.6 Å². The summed E-state index contributed by atoms with van der Waals surface area (Å²) in [6, 6.07) is 8.47. The molecule has 0 radical (unpaired) electrons. The van der Waals surface area contributed by atoms with Gasteiger partial charge in [0.05, 0.1) is 23.0 Å². The molecule has 0 bridgehead atoms. The van der Waals surface area contributed by atoms with Crippen LogP contribution in [0.25, 0.3) is 0 Å². The number of nitrogens with zero attached hydrogens (tertiary/aromatic N) is 2. The molecule has 4 heteroatoms. The molecule has 1 N–H and O–H groups in total. The quantitative estimate of drug-likeness (QED) is 0.907. The minimum absolute atomic E-state index is 0.0844. The molecule has 0 saturated carbocycles. The third-order valence-electron chi connectivity index (χ3n) is 3.31. The average molecular weight is 278 g/mol. The lowest BCUT2D eigenvalue weighted by Gasteiger charge is -2.21. The summed E-state index contributed by atoms with van der Waals surface area (Å²) in [5.41, 5.74) is 3.53. The van der Waals surface area contributed by atoms with Crippen LogP contribution in [0.3, 0.4) is 0 Å². The van der Waals surface area contributed by atoms with Gasteiger partial charge >= 0.3 is 0 Å². The van der Waals surface area contributed by atoms with Crippen LogP contribution < -0.4 is 5.32 Å². The normalized spacial score (nSPS) is 12.6. The molecule has 0 saturated heterocycles. The van der Waals surface area contributed by atoms with Crippen LogP contribution in [0.2, 0.25) is 5.02 Å². The number of aromatic nitrogens is 2. The summed E-state index contributed by atoms with van der Waals surface area (Å²) in [5.74, 6) is 0. The fourth-order valence-electron chi connectivity index (χ4n) is 2.30. The Balaban J connectivity index is 2.45. The molecule has 3 nitrogen and oxygen atoms in total. The predicted molar refractivity (Wildman–Crippen MR) is 79.5 cm³/mol. The molecule has 1 aromatic heterocycles. The molecule has 1 heterocycles. The maximum atomic E-state index is 6.30. The molecule has 2 aromatic rings. The summed E-state index contributed by atoms with van der Waals surface area (Å²) in [4.78, 5) is 0. The number of nitrogens with one attached hydrogen (secondary N) is 1. The number of aryl methyl sites for hydroxylation is 2. The molecule has 1 aromatic carbocycles. The van der Waals surface area contributed by atoms with Crippen LogP contribution in [0.4, 0.5) is 0 Å². The Labute approximate surface area is 119 Å². The first-order chi connectivity index (χ1) is 9.15. The Kier molecular flexibility index (Phi) is 4.61. The maximum absolute atomic E-state index is 6.30. The highest BCUT2D eigenvalue weighted by atomic mass is 35.5. The fraction of sp³-hybridized carbons (Fsp3) is 0.400. The van der Waals surface area contributed by atoms with Gasteiger partial charge in [0.25, 0.3) is 0 Å². The van der Waals surface area contributed by atoms with Gasteiger partial charge in [0.2, 0.25) is 0 Å². The molecule has 19 heavy (non-hydrogen) atoms. The van der Waals surface area contributed by atoms with Gasteiger partial charge in [-0.1, -0.05) is 42.8 Å². The number of rotatable bonds is 5. The zero-order valence-corrected chi connectivity index (χ0v) is 12.4. The summed E-state index contributed by atoms with van der Waals surface area (Å²) in [7, 11) is 1.93. The van der Waals surface area contributed by atoms with Crippen molar-refractivity contribution in [2.75, 3.05) is 6.54 Å². The SMILES string of the molecule is CCCNC(c1ccccc1C)c1c(Cl)cnn1C. The van der Waals surface area contributed by atoms with E-state index in [1.54, 1.807) is 6.20 Å². The molecular weight excluding hydrogens is 258 g/mol. The number of halogens is 1. The van der Waals surface area contributed by atoms with Crippen molar-refractivity contribution in [2.45, 2.75) is 26.3 Å². The third kappa shape index (κ3) is 2.99. The number of benzene rings is 1. The summed E-state index contributed by atoms with van der Waals surface area (Å²) >= 11 is 6.30. The molecule has 0 fully saturated rings. The van der Waals surface area contributed by atoms with E-state index in [4.69, 9.17) is 11.6 Å². The standard InChI is InChI=1S/C15H20ClN3/c1-4-9-17-14(12-8-6-5-7-11(12)2)15-13(16)10-18-19(15)3/h5-8,10,14,17H,4,9H2,1-3H3. The van der Waals surface area contributed by atoms with Gasteiger partial charge in [0.1, 0.15) is 0 Å². The molecule has 0 aliphatic carbocycles. The number of hydrogen-bond donors (Lipinski definition) is 1. The highest BCUT2D eigenvalue weighted by Crippen LogP contribution is 2.29. The number of hydrogen-bond acceptors (Lipinski definition) is 2. The van der Waals surface area contributed by atoms with Gasteiger partial charge in [0.15, 0.2) is 0 Å². The highest BCUT2D eigenvalue weighted by molar-refractivity contribution is 6.31. The van der Waals surface area contributed by atoms with E-state index in [0.717, 1.165) is 18.7 Å². The first-order valence-corrected chi connectivity index (χ1v) is 6.99. The summed E-state index contributed by atoms with van der Waals surface area (Å²) in [5, 5.41) is 8.52. The second-order valence-electron chi connectivity index (χ2n) is 4.75. The van der Waals surface area contributed by atoms with Crippen LogP contribution in [-0.2, 0) is 7.05 Å². The highest BCUT2D eigenvalue weighted by Gasteiger charge is 2.21. The summed E-state index contributed by atoms with van der Waals surface area (Å²) < 4.78 is 1.85.